The highest BCUT2D eigenvalue weighted by molar-refractivity contribution is 6.37. The van der Waals surface area contributed by atoms with Gasteiger partial charge in [0.2, 0.25) is 17.6 Å². The minimum atomic E-state index is -1.07. The van der Waals surface area contributed by atoms with Crippen molar-refractivity contribution in [3.8, 4) is 11.5 Å². The summed E-state index contributed by atoms with van der Waals surface area (Å²) in [7, 11) is 3.01. The number of benzene rings is 1. The number of nitrogens with one attached hydrogen (secondary N) is 3. The molecular weight excluding hydrogens is 630 g/mol. The molecule has 2 aliphatic rings. The molecule has 260 valence electrons. The zero-order valence-electron chi connectivity index (χ0n) is 28.7. The summed E-state index contributed by atoms with van der Waals surface area (Å²) in [4.78, 5) is 59.5. The number of nitrogens with zero attached hydrogens (tertiary/aromatic N) is 2. The Kier molecular flexibility index (Phi) is 12.2. The summed E-state index contributed by atoms with van der Waals surface area (Å²) < 4.78 is 16.7. The van der Waals surface area contributed by atoms with E-state index in [0.29, 0.717) is 27.8 Å². The van der Waals surface area contributed by atoms with Crippen LogP contribution in [-0.2, 0) is 28.8 Å². The standard InChI is InChI=1S/C33H48ClN5O8/c1-18(29(41)35-16-25(40)30(42)37-20-11-12-20)39(31(43)28(32(3,4)5)36-19(2)46-33(6,7)8)17-21-13-24(38-47-21)22-14-23(34)27(45-10)15-26(22)44-9/h14-15,18,20-21,28,36H,2,11-13,16-17H2,1,3-10H3,(H,35,41)(H,37,42)/t18-,21?,28+/m0/s1. The first-order chi connectivity index (χ1) is 21.8. The van der Waals surface area contributed by atoms with E-state index in [0.717, 1.165) is 12.8 Å². The van der Waals surface area contributed by atoms with Crippen LogP contribution in [0.2, 0.25) is 5.02 Å². The van der Waals surface area contributed by atoms with E-state index in [2.05, 4.69) is 27.7 Å². The number of carbonyl (C=O) groups is 4. The maximum absolute atomic E-state index is 14.4. The number of ether oxygens (including phenoxy) is 3. The Morgan fingerprint density at radius 2 is 1.72 bits per heavy atom. The fourth-order valence-corrected chi connectivity index (χ4v) is 5.08. The highest BCUT2D eigenvalue weighted by atomic mass is 35.5. The van der Waals surface area contributed by atoms with E-state index in [4.69, 9.17) is 30.6 Å². The zero-order valence-corrected chi connectivity index (χ0v) is 29.5. The molecule has 1 unspecified atom stereocenters. The Bertz CT molecular complexity index is 1400. The van der Waals surface area contributed by atoms with Gasteiger partial charge in [-0.2, -0.15) is 0 Å². The number of carbonyl (C=O) groups excluding carboxylic acids is 4. The maximum Gasteiger partial charge on any atom is 0.289 e. The first-order valence-electron chi connectivity index (χ1n) is 15.6. The van der Waals surface area contributed by atoms with Gasteiger partial charge in [-0.1, -0.05) is 37.5 Å². The van der Waals surface area contributed by atoms with E-state index in [1.165, 1.54) is 19.1 Å². The van der Waals surface area contributed by atoms with Crippen LogP contribution in [-0.4, -0.2) is 91.3 Å². The van der Waals surface area contributed by atoms with Crippen LogP contribution < -0.4 is 25.4 Å². The maximum atomic E-state index is 14.4. The quantitative estimate of drug-likeness (QED) is 0.187. The molecule has 3 N–H and O–H groups in total. The largest absolute Gasteiger partial charge is 0.496 e. The number of Topliss-reactive ketones (excluding diaryl/α,β-unsaturated/α-hetero) is 1. The molecule has 0 spiro atoms. The monoisotopic (exact) mass is 677 g/mol. The fraction of sp³-hybridized carbons (Fsp3) is 0.606. The van der Waals surface area contributed by atoms with Crippen LogP contribution in [0.3, 0.4) is 0 Å². The lowest BCUT2D eigenvalue weighted by molar-refractivity contribution is -0.146. The Labute approximate surface area is 281 Å². The predicted octanol–water partition coefficient (Wildman–Crippen LogP) is 3.32. The molecule has 1 aliphatic carbocycles. The number of hydrogen-bond acceptors (Lipinski definition) is 10. The molecule has 1 aromatic carbocycles. The molecule has 1 fully saturated rings. The molecule has 3 amide bonds. The van der Waals surface area contributed by atoms with Crippen molar-refractivity contribution in [1.29, 1.82) is 0 Å². The molecule has 3 atom stereocenters. The van der Waals surface area contributed by atoms with Crippen LogP contribution in [0.15, 0.2) is 29.8 Å². The van der Waals surface area contributed by atoms with Gasteiger partial charge in [0.05, 0.1) is 38.0 Å². The lowest BCUT2D eigenvalue weighted by Crippen LogP contribution is -2.59. The third-order valence-electron chi connectivity index (χ3n) is 7.48. The van der Waals surface area contributed by atoms with Crippen molar-refractivity contribution >= 4 is 40.8 Å². The Morgan fingerprint density at radius 1 is 1.09 bits per heavy atom. The summed E-state index contributed by atoms with van der Waals surface area (Å²) in [6.07, 6.45) is 1.27. The van der Waals surface area contributed by atoms with Crippen molar-refractivity contribution in [2.75, 3.05) is 27.3 Å². The molecule has 1 heterocycles. The summed E-state index contributed by atoms with van der Waals surface area (Å²) in [6.45, 7) is 16.2. The number of amides is 3. The van der Waals surface area contributed by atoms with Crippen molar-refractivity contribution in [2.45, 2.75) is 97.6 Å². The molecule has 0 saturated heterocycles. The van der Waals surface area contributed by atoms with Gasteiger partial charge in [0.1, 0.15) is 29.2 Å². The summed E-state index contributed by atoms with van der Waals surface area (Å²) in [5, 5.41) is 12.8. The molecule has 1 aromatic rings. The minimum Gasteiger partial charge on any atom is -0.496 e. The van der Waals surface area contributed by atoms with Gasteiger partial charge in [0.25, 0.3) is 5.91 Å². The molecule has 14 heteroatoms. The van der Waals surface area contributed by atoms with E-state index in [-0.39, 0.29) is 24.9 Å². The van der Waals surface area contributed by atoms with Crippen LogP contribution in [0.25, 0.3) is 0 Å². The van der Waals surface area contributed by atoms with Crippen molar-refractivity contribution in [2.24, 2.45) is 10.6 Å². The Morgan fingerprint density at radius 3 is 2.28 bits per heavy atom. The Balaban J connectivity index is 1.84. The van der Waals surface area contributed by atoms with Gasteiger partial charge in [-0.05, 0) is 58.6 Å². The number of rotatable bonds is 15. The van der Waals surface area contributed by atoms with Crippen LogP contribution in [0, 0.1) is 5.41 Å². The topological polar surface area (TPSA) is 157 Å². The lowest BCUT2D eigenvalue weighted by atomic mass is 9.85. The third-order valence-corrected chi connectivity index (χ3v) is 7.78. The SMILES string of the molecule is C=C(N[C@H](C(=O)N(CC1CC(c2cc(Cl)c(OC)cc2OC)=NO1)[C@@H](C)C(=O)NCC(=O)C(=O)NC1CC1)C(C)(C)C)OC(C)(C)C. The average Bonchev–Trinajstić information content (AvgIpc) is 3.67. The second-order valence-electron chi connectivity index (χ2n) is 13.8. The number of ketones is 1. The van der Waals surface area contributed by atoms with E-state index in [9.17, 15) is 19.2 Å². The highest BCUT2D eigenvalue weighted by Gasteiger charge is 2.41. The smallest absolute Gasteiger partial charge is 0.289 e. The van der Waals surface area contributed by atoms with Crippen molar-refractivity contribution in [1.82, 2.24) is 20.9 Å². The third kappa shape index (κ3) is 10.5. The normalized spacial score (nSPS) is 17.3. The van der Waals surface area contributed by atoms with Crippen LogP contribution >= 0.6 is 11.6 Å². The summed E-state index contributed by atoms with van der Waals surface area (Å²) in [6, 6.07) is 1.37. The van der Waals surface area contributed by atoms with Crippen LogP contribution in [0.1, 0.15) is 73.3 Å². The zero-order chi connectivity index (χ0) is 35.3. The van der Waals surface area contributed by atoms with E-state index in [1.807, 2.05) is 41.5 Å². The molecule has 3 rings (SSSR count). The number of halogens is 1. The predicted molar refractivity (Wildman–Crippen MR) is 177 cm³/mol. The van der Waals surface area contributed by atoms with Crippen molar-refractivity contribution < 1.29 is 38.2 Å². The molecule has 1 saturated carbocycles. The van der Waals surface area contributed by atoms with Crippen LogP contribution in [0.4, 0.5) is 0 Å². The molecule has 47 heavy (non-hydrogen) atoms. The van der Waals surface area contributed by atoms with Gasteiger partial charge in [0.15, 0.2) is 12.0 Å². The molecule has 0 bridgehead atoms. The molecule has 13 nitrogen and oxygen atoms in total. The number of hydrogen-bond donors (Lipinski definition) is 3. The van der Waals surface area contributed by atoms with E-state index >= 15 is 0 Å². The molecule has 0 aromatic heterocycles. The van der Waals surface area contributed by atoms with Crippen molar-refractivity contribution in [3.63, 3.8) is 0 Å². The highest BCUT2D eigenvalue weighted by Crippen LogP contribution is 2.35. The molecule has 1 aliphatic heterocycles. The van der Waals surface area contributed by atoms with E-state index in [1.54, 1.807) is 19.1 Å². The van der Waals surface area contributed by atoms with Crippen LogP contribution in [0.5, 0.6) is 11.5 Å². The van der Waals surface area contributed by atoms with Gasteiger partial charge in [-0.15, -0.1) is 0 Å². The summed E-state index contributed by atoms with van der Waals surface area (Å²) in [5.74, 6) is -1.47. The lowest BCUT2D eigenvalue weighted by Gasteiger charge is -2.39. The summed E-state index contributed by atoms with van der Waals surface area (Å²) in [5.41, 5.74) is -0.0989. The van der Waals surface area contributed by atoms with E-state index < -0.39 is 59.3 Å². The first kappa shape index (κ1) is 37.5. The number of methoxy groups -OCH3 is 2. The van der Waals surface area contributed by atoms with Gasteiger partial charge in [0, 0.05) is 24.1 Å². The van der Waals surface area contributed by atoms with Gasteiger partial charge >= 0.3 is 0 Å². The average molecular weight is 678 g/mol. The minimum absolute atomic E-state index is 0.000430. The molecule has 0 radical (unpaired) electrons. The van der Waals surface area contributed by atoms with Crippen molar-refractivity contribution in [3.05, 3.63) is 35.2 Å². The Hall–Kier alpha value is -4.00. The summed E-state index contributed by atoms with van der Waals surface area (Å²) >= 11 is 6.39. The van der Waals surface area contributed by atoms with Gasteiger partial charge < -0.3 is 39.9 Å². The molecular formula is C33H48ClN5O8. The second kappa shape index (κ2) is 15.3. The second-order valence-corrected chi connectivity index (χ2v) is 14.2. The van der Waals surface area contributed by atoms with Gasteiger partial charge in [-0.3, -0.25) is 19.2 Å². The van der Waals surface area contributed by atoms with Gasteiger partial charge in [-0.25, -0.2) is 0 Å². The fourth-order valence-electron chi connectivity index (χ4n) is 4.83. The number of oxime groups is 1. The first-order valence-corrected chi connectivity index (χ1v) is 15.9.